The number of nitrogens with zero attached hydrogens (tertiary/aromatic N) is 2. The van der Waals surface area contributed by atoms with E-state index in [1.807, 2.05) is 67.8 Å². The molecule has 0 radical (unpaired) electrons. The van der Waals surface area contributed by atoms with Crippen molar-refractivity contribution < 1.29 is 9.59 Å². The zero-order valence-corrected chi connectivity index (χ0v) is 22.9. The molecule has 0 fully saturated rings. The quantitative estimate of drug-likeness (QED) is 0.473. The molecule has 2 heterocycles. The van der Waals surface area contributed by atoms with E-state index in [1.54, 1.807) is 0 Å². The van der Waals surface area contributed by atoms with E-state index in [-0.39, 0.29) is 12.1 Å². The number of hydrogen-bond acceptors (Lipinski definition) is 2. The standard InChI is InChI=1S/C32H38N4O2/c1-31(2,33-29(37)35-18-16-23-10-5-7-12-25(23)21-35)27-14-9-15-28(20-27)32(3,4)34-30(38)36-19-17-24-11-6-8-13-26(24)22-36/h5-15,20H,16-19,21-22H2,1-4H3,(H,33,37)(H,34,38). The predicted octanol–water partition coefficient (Wildman–Crippen LogP) is 5.69. The summed E-state index contributed by atoms with van der Waals surface area (Å²) in [6, 6.07) is 24.7. The smallest absolute Gasteiger partial charge is 0.318 e. The maximum atomic E-state index is 13.2. The molecule has 2 aliphatic heterocycles. The van der Waals surface area contributed by atoms with Gasteiger partial charge in [0.2, 0.25) is 0 Å². The molecule has 6 heteroatoms. The van der Waals surface area contributed by atoms with Crippen molar-refractivity contribution in [1.29, 1.82) is 0 Å². The van der Waals surface area contributed by atoms with Gasteiger partial charge < -0.3 is 20.4 Å². The molecular formula is C32H38N4O2. The fourth-order valence-electron chi connectivity index (χ4n) is 5.47. The fraction of sp³-hybridized carbons (Fsp3) is 0.375. The average Bonchev–Trinajstić information content (AvgIpc) is 2.92. The van der Waals surface area contributed by atoms with Gasteiger partial charge in [0, 0.05) is 26.2 Å². The molecule has 198 valence electrons. The highest BCUT2D eigenvalue weighted by atomic mass is 16.2. The Bertz CT molecular complexity index is 1250. The highest BCUT2D eigenvalue weighted by Gasteiger charge is 2.31. The van der Waals surface area contributed by atoms with E-state index in [1.165, 1.54) is 22.3 Å². The first-order chi connectivity index (χ1) is 18.1. The number of carbonyl (C=O) groups excluding carboxylic acids is 2. The average molecular weight is 511 g/mol. The lowest BCUT2D eigenvalue weighted by atomic mass is 9.87. The van der Waals surface area contributed by atoms with Gasteiger partial charge in [0.05, 0.1) is 11.1 Å². The molecule has 0 aromatic heterocycles. The Hall–Kier alpha value is -3.80. The lowest BCUT2D eigenvalue weighted by Gasteiger charge is -2.36. The molecule has 0 saturated carbocycles. The van der Waals surface area contributed by atoms with Gasteiger partial charge in [-0.2, -0.15) is 0 Å². The van der Waals surface area contributed by atoms with Gasteiger partial charge >= 0.3 is 12.1 Å². The molecule has 0 bridgehead atoms. The van der Waals surface area contributed by atoms with Crippen LogP contribution in [0.2, 0.25) is 0 Å². The van der Waals surface area contributed by atoms with Crippen LogP contribution in [-0.2, 0) is 37.0 Å². The summed E-state index contributed by atoms with van der Waals surface area (Å²) in [5.41, 5.74) is 5.89. The van der Waals surface area contributed by atoms with E-state index in [4.69, 9.17) is 0 Å². The lowest BCUT2D eigenvalue weighted by Crippen LogP contribution is -2.50. The maximum absolute atomic E-state index is 13.2. The number of rotatable bonds is 4. The van der Waals surface area contributed by atoms with Crippen molar-refractivity contribution in [2.45, 2.75) is 64.7 Å². The van der Waals surface area contributed by atoms with Gasteiger partial charge in [-0.25, -0.2) is 9.59 Å². The highest BCUT2D eigenvalue weighted by molar-refractivity contribution is 5.76. The van der Waals surface area contributed by atoms with Gasteiger partial charge in [-0.15, -0.1) is 0 Å². The maximum Gasteiger partial charge on any atom is 0.318 e. The van der Waals surface area contributed by atoms with E-state index in [0.29, 0.717) is 26.2 Å². The van der Waals surface area contributed by atoms with Gasteiger partial charge in [-0.1, -0.05) is 72.8 Å². The minimum Gasteiger partial charge on any atom is -0.329 e. The van der Waals surface area contributed by atoms with Crippen LogP contribution < -0.4 is 10.6 Å². The molecule has 0 spiro atoms. The normalized spacial score (nSPS) is 15.4. The van der Waals surface area contributed by atoms with Gasteiger partial charge in [-0.05, 0) is 73.9 Å². The zero-order valence-electron chi connectivity index (χ0n) is 22.9. The third-order valence-electron chi connectivity index (χ3n) is 7.98. The van der Waals surface area contributed by atoms with Crippen molar-refractivity contribution in [2.24, 2.45) is 0 Å². The lowest BCUT2D eigenvalue weighted by molar-refractivity contribution is 0.181. The number of amides is 4. The number of benzene rings is 3. The van der Waals surface area contributed by atoms with Crippen molar-refractivity contribution in [2.75, 3.05) is 13.1 Å². The first kappa shape index (κ1) is 25.8. The van der Waals surface area contributed by atoms with Crippen molar-refractivity contribution >= 4 is 12.1 Å². The van der Waals surface area contributed by atoms with Gasteiger partial charge in [0.25, 0.3) is 0 Å². The summed E-state index contributed by atoms with van der Waals surface area (Å²) in [5, 5.41) is 6.49. The summed E-state index contributed by atoms with van der Waals surface area (Å²) < 4.78 is 0. The molecule has 38 heavy (non-hydrogen) atoms. The minimum atomic E-state index is -0.583. The number of carbonyl (C=O) groups is 2. The van der Waals surface area contributed by atoms with E-state index >= 15 is 0 Å². The molecule has 0 saturated heterocycles. The van der Waals surface area contributed by atoms with E-state index in [2.05, 4.69) is 53.1 Å². The third kappa shape index (κ3) is 5.40. The SMILES string of the molecule is CC(C)(NC(=O)N1CCc2ccccc2C1)c1cccc(C(C)(C)NC(=O)N2CCc3ccccc3C2)c1. The Kier molecular flexibility index (Phi) is 6.91. The summed E-state index contributed by atoms with van der Waals surface area (Å²) in [7, 11) is 0. The minimum absolute atomic E-state index is 0.0622. The molecule has 0 unspecified atom stereocenters. The second kappa shape index (κ2) is 10.2. The van der Waals surface area contributed by atoms with Crippen LogP contribution in [0.25, 0.3) is 0 Å². The van der Waals surface area contributed by atoms with Crippen molar-refractivity contribution in [3.63, 3.8) is 0 Å². The monoisotopic (exact) mass is 510 g/mol. The number of nitrogens with one attached hydrogen (secondary N) is 2. The Morgan fingerprint density at radius 2 is 1.00 bits per heavy atom. The summed E-state index contributed by atoms with van der Waals surface area (Å²) in [6.45, 7) is 10.8. The largest absolute Gasteiger partial charge is 0.329 e. The summed E-state index contributed by atoms with van der Waals surface area (Å²) in [5.74, 6) is 0. The second-order valence-electron chi connectivity index (χ2n) is 11.6. The second-order valence-corrected chi connectivity index (χ2v) is 11.6. The molecule has 0 atom stereocenters. The van der Waals surface area contributed by atoms with Crippen LogP contribution in [0.3, 0.4) is 0 Å². The topological polar surface area (TPSA) is 64.7 Å². The molecule has 5 rings (SSSR count). The summed E-state index contributed by atoms with van der Waals surface area (Å²) in [6.07, 6.45) is 1.74. The number of hydrogen-bond donors (Lipinski definition) is 2. The first-order valence-corrected chi connectivity index (χ1v) is 13.5. The third-order valence-corrected chi connectivity index (χ3v) is 7.98. The number of urea groups is 2. The van der Waals surface area contributed by atoms with E-state index in [0.717, 1.165) is 24.0 Å². The van der Waals surface area contributed by atoms with E-state index in [9.17, 15) is 9.59 Å². The Balaban J connectivity index is 1.25. The Labute approximate surface area is 226 Å². The van der Waals surface area contributed by atoms with Crippen LogP contribution >= 0.6 is 0 Å². The molecule has 0 aliphatic carbocycles. The summed E-state index contributed by atoms with van der Waals surface area (Å²) >= 11 is 0. The molecule has 2 aliphatic rings. The van der Waals surface area contributed by atoms with Gasteiger partial charge in [-0.3, -0.25) is 0 Å². The molecular weight excluding hydrogens is 472 g/mol. The zero-order chi connectivity index (χ0) is 26.9. The molecule has 2 N–H and O–H groups in total. The molecule has 6 nitrogen and oxygen atoms in total. The molecule has 3 aromatic carbocycles. The fourth-order valence-corrected chi connectivity index (χ4v) is 5.47. The Morgan fingerprint density at radius 3 is 1.42 bits per heavy atom. The Morgan fingerprint density at radius 1 is 0.605 bits per heavy atom. The van der Waals surface area contributed by atoms with Crippen LogP contribution in [0.1, 0.15) is 61.1 Å². The van der Waals surface area contributed by atoms with Crippen molar-refractivity contribution in [1.82, 2.24) is 20.4 Å². The van der Waals surface area contributed by atoms with Crippen LogP contribution in [0, 0.1) is 0 Å². The predicted molar refractivity (Wildman–Crippen MR) is 151 cm³/mol. The van der Waals surface area contributed by atoms with Gasteiger partial charge in [0.15, 0.2) is 0 Å². The van der Waals surface area contributed by atoms with Crippen LogP contribution in [0.5, 0.6) is 0 Å². The summed E-state index contributed by atoms with van der Waals surface area (Å²) in [4.78, 5) is 30.2. The van der Waals surface area contributed by atoms with Crippen molar-refractivity contribution in [3.8, 4) is 0 Å². The number of fused-ring (bicyclic) bond motifs is 2. The highest BCUT2D eigenvalue weighted by Crippen LogP contribution is 2.28. The van der Waals surface area contributed by atoms with E-state index < -0.39 is 11.1 Å². The molecule has 3 aromatic rings. The van der Waals surface area contributed by atoms with Crippen molar-refractivity contribution in [3.05, 3.63) is 106 Å². The van der Waals surface area contributed by atoms with Crippen LogP contribution in [0.4, 0.5) is 9.59 Å². The van der Waals surface area contributed by atoms with Gasteiger partial charge in [0.1, 0.15) is 0 Å². The van der Waals surface area contributed by atoms with Crippen LogP contribution in [0.15, 0.2) is 72.8 Å². The first-order valence-electron chi connectivity index (χ1n) is 13.5. The molecule has 4 amide bonds. The van der Waals surface area contributed by atoms with Crippen LogP contribution in [-0.4, -0.2) is 35.0 Å².